The van der Waals surface area contributed by atoms with Gasteiger partial charge in [-0.3, -0.25) is 4.79 Å². The molecule has 0 aromatic carbocycles. The second-order valence-electron chi connectivity index (χ2n) is 6.65. The predicted molar refractivity (Wildman–Crippen MR) is 76.9 cm³/mol. The summed E-state index contributed by atoms with van der Waals surface area (Å²) in [5.41, 5.74) is 0. The largest absolute Gasteiger partial charge is 0.481 e. The third-order valence-corrected chi connectivity index (χ3v) is 6.49. The van der Waals surface area contributed by atoms with Gasteiger partial charge in [0, 0.05) is 18.5 Å². The number of carbonyl (C=O) groups is 1. The molecule has 2 fully saturated rings. The number of fused-ring (bicyclic) bond motifs is 2. The topological polar surface area (TPSA) is 74.7 Å². The molecular weight excluding hydrogens is 278 g/mol. The van der Waals surface area contributed by atoms with E-state index in [1.54, 1.807) is 4.31 Å². The highest BCUT2D eigenvalue weighted by molar-refractivity contribution is 7.89. The average molecular weight is 303 g/mol. The standard InChI is InChI=1S/C14H25NO4S/c1-10(2)5-6-20(18,19)15-12-3-4-13(15)8-11(7-12)9-14(16)17/h10-13H,3-9H2,1-2H3,(H,16,17). The van der Waals surface area contributed by atoms with Crippen LogP contribution in [0.3, 0.4) is 0 Å². The van der Waals surface area contributed by atoms with Gasteiger partial charge in [0.25, 0.3) is 0 Å². The van der Waals surface area contributed by atoms with Crippen LogP contribution < -0.4 is 0 Å². The van der Waals surface area contributed by atoms with Crippen LogP contribution in [0.15, 0.2) is 0 Å². The Balaban J connectivity index is 2.03. The third kappa shape index (κ3) is 3.52. The molecule has 0 aromatic rings. The van der Waals surface area contributed by atoms with Crippen LogP contribution in [0.2, 0.25) is 0 Å². The van der Waals surface area contributed by atoms with Gasteiger partial charge in [-0.2, -0.15) is 4.31 Å². The van der Waals surface area contributed by atoms with Crippen molar-refractivity contribution in [2.45, 2.75) is 64.5 Å². The Morgan fingerprint density at radius 2 is 1.80 bits per heavy atom. The Morgan fingerprint density at radius 3 is 2.25 bits per heavy atom. The molecule has 2 unspecified atom stereocenters. The number of piperidine rings is 1. The lowest BCUT2D eigenvalue weighted by Crippen LogP contribution is -2.47. The minimum absolute atomic E-state index is 0.0373. The summed E-state index contributed by atoms with van der Waals surface area (Å²) < 4.78 is 26.7. The van der Waals surface area contributed by atoms with Crippen molar-refractivity contribution < 1.29 is 18.3 Å². The van der Waals surface area contributed by atoms with Gasteiger partial charge in [0.2, 0.25) is 10.0 Å². The molecule has 2 saturated heterocycles. The van der Waals surface area contributed by atoms with Gasteiger partial charge in [0.05, 0.1) is 5.75 Å². The molecule has 2 aliphatic rings. The first-order valence-electron chi connectivity index (χ1n) is 7.52. The number of nitrogens with zero attached hydrogens (tertiary/aromatic N) is 1. The monoisotopic (exact) mass is 303 g/mol. The van der Waals surface area contributed by atoms with Crippen molar-refractivity contribution in [3.63, 3.8) is 0 Å². The molecule has 0 radical (unpaired) electrons. The van der Waals surface area contributed by atoms with Crippen LogP contribution in [0, 0.1) is 11.8 Å². The molecule has 5 nitrogen and oxygen atoms in total. The Bertz CT molecular complexity index is 446. The van der Waals surface area contributed by atoms with Crippen LogP contribution in [0.5, 0.6) is 0 Å². The summed E-state index contributed by atoms with van der Waals surface area (Å²) in [7, 11) is -3.18. The highest BCUT2D eigenvalue weighted by Crippen LogP contribution is 2.41. The van der Waals surface area contributed by atoms with E-state index < -0.39 is 16.0 Å². The number of hydrogen-bond acceptors (Lipinski definition) is 3. The van der Waals surface area contributed by atoms with E-state index in [0.29, 0.717) is 25.2 Å². The van der Waals surface area contributed by atoms with Crippen molar-refractivity contribution in [1.82, 2.24) is 4.31 Å². The minimum Gasteiger partial charge on any atom is -0.481 e. The van der Waals surface area contributed by atoms with Crippen LogP contribution in [-0.2, 0) is 14.8 Å². The maximum atomic E-state index is 12.5. The zero-order valence-corrected chi connectivity index (χ0v) is 13.1. The number of rotatable bonds is 6. The third-order valence-electron chi connectivity index (χ3n) is 4.50. The Hall–Kier alpha value is -0.620. The summed E-state index contributed by atoms with van der Waals surface area (Å²) >= 11 is 0. The number of sulfonamides is 1. The molecule has 6 heteroatoms. The number of aliphatic carboxylic acids is 1. The molecule has 2 heterocycles. The lowest BCUT2D eigenvalue weighted by molar-refractivity contribution is -0.138. The Kier molecular flexibility index (Phi) is 4.74. The second-order valence-corrected chi connectivity index (χ2v) is 8.64. The van der Waals surface area contributed by atoms with E-state index in [2.05, 4.69) is 0 Å². The minimum atomic E-state index is -3.18. The molecule has 0 spiro atoms. The quantitative estimate of drug-likeness (QED) is 0.815. The normalized spacial score (nSPS) is 30.9. The SMILES string of the molecule is CC(C)CCS(=O)(=O)N1C2CCC1CC(CC(=O)O)C2. The Morgan fingerprint density at radius 1 is 1.25 bits per heavy atom. The van der Waals surface area contributed by atoms with Crippen molar-refractivity contribution in [1.29, 1.82) is 0 Å². The molecule has 1 N–H and O–H groups in total. The zero-order valence-electron chi connectivity index (χ0n) is 12.3. The van der Waals surface area contributed by atoms with Gasteiger partial charge in [-0.15, -0.1) is 0 Å². The molecule has 2 bridgehead atoms. The molecule has 0 aliphatic carbocycles. The van der Waals surface area contributed by atoms with Gasteiger partial charge in [0.1, 0.15) is 0 Å². The van der Waals surface area contributed by atoms with E-state index >= 15 is 0 Å². The van der Waals surface area contributed by atoms with Crippen LogP contribution in [0.1, 0.15) is 52.4 Å². The van der Waals surface area contributed by atoms with E-state index in [0.717, 1.165) is 12.8 Å². The van der Waals surface area contributed by atoms with Crippen molar-refractivity contribution in [2.24, 2.45) is 11.8 Å². The van der Waals surface area contributed by atoms with Crippen molar-refractivity contribution in [2.75, 3.05) is 5.75 Å². The fraction of sp³-hybridized carbons (Fsp3) is 0.929. The van der Waals surface area contributed by atoms with Crippen LogP contribution in [-0.4, -0.2) is 41.6 Å². The van der Waals surface area contributed by atoms with E-state index in [1.807, 2.05) is 13.8 Å². The fourth-order valence-electron chi connectivity index (χ4n) is 3.60. The number of hydrogen-bond donors (Lipinski definition) is 1. The summed E-state index contributed by atoms with van der Waals surface area (Å²) in [6.07, 6.45) is 4.07. The summed E-state index contributed by atoms with van der Waals surface area (Å²) in [6, 6.07) is 0.0746. The predicted octanol–water partition coefficient (Wildman–Crippen LogP) is 2.08. The maximum absolute atomic E-state index is 12.5. The lowest BCUT2D eigenvalue weighted by Gasteiger charge is -2.37. The maximum Gasteiger partial charge on any atom is 0.303 e. The van der Waals surface area contributed by atoms with Crippen molar-refractivity contribution in [3.8, 4) is 0 Å². The molecular formula is C14H25NO4S. The lowest BCUT2D eigenvalue weighted by atomic mass is 9.90. The van der Waals surface area contributed by atoms with Gasteiger partial charge < -0.3 is 5.11 Å². The van der Waals surface area contributed by atoms with E-state index in [9.17, 15) is 13.2 Å². The first-order chi connectivity index (χ1) is 9.29. The summed E-state index contributed by atoms with van der Waals surface area (Å²) in [5.74, 6) is -0.0274. The van der Waals surface area contributed by atoms with Crippen LogP contribution in [0.4, 0.5) is 0 Å². The molecule has 116 valence electrons. The van der Waals surface area contributed by atoms with Crippen LogP contribution in [0.25, 0.3) is 0 Å². The summed E-state index contributed by atoms with van der Waals surface area (Å²) in [4.78, 5) is 10.8. The molecule has 0 amide bonds. The molecule has 20 heavy (non-hydrogen) atoms. The molecule has 2 aliphatic heterocycles. The van der Waals surface area contributed by atoms with E-state index in [-0.39, 0.29) is 30.2 Å². The average Bonchev–Trinajstić information content (AvgIpc) is 2.60. The van der Waals surface area contributed by atoms with Gasteiger partial charge in [-0.1, -0.05) is 13.8 Å². The Labute approximate surface area is 121 Å². The van der Waals surface area contributed by atoms with E-state index in [4.69, 9.17) is 5.11 Å². The van der Waals surface area contributed by atoms with E-state index in [1.165, 1.54) is 0 Å². The second kappa shape index (κ2) is 6.02. The smallest absolute Gasteiger partial charge is 0.303 e. The zero-order chi connectivity index (χ0) is 14.9. The first kappa shape index (κ1) is 15.8. The first-order valence-corrected chi connectivity index (χ1v) is 9.13. The van der Waals surface area contributed by atoms with Gasteiger partial charge in [-0.25, -0.2) is 8.42 Å². The van der Waals surface area contributed by atoms with Gasteiger partial charge in [0.15, 0.2) is 0 Å². The van der Waals surface area contributed by atoms with Gasteiger partial charge >= 0.3 is 5.97 Å². The highest BCUT2D eigenvalue weighted by Gasteiger charge is 2.46. The molecule has 0 aromatic heterocycles. The van der Waals surface area contributed by atoms with Crippen LogP contribution >= 0.6 is 0 Å². The number of carboxylic acids is 1. The van der Waals surface area contributed by atoms with Crippen molar-refractivity contribution >= 4 is 16.0 Å². The summed E-state index contributed by atoms with van der Waals surface area (Å²) in [5, 5.41) is 8.90. The molecule has 2 atom stereocenters. The fourth-order valence-corrected chi connectivity index (χ4v) is 5.88. The number of carboxylic acid groups (broad SMARTS) is 1. The van der Waals surface area contributed by atoms with Crippen molar-refractivity contribution in [3.05, 3.63) is 0 Å². The highest BCUT2D eigenvalue weighted by atomic mass is 32.2. The molecule has 0 saturated carbocycles. The molecule has 2 rings (SSSR count). The summed E-state index contributed by atoms with van der Waals surface area (Å²) in [6.45, 7) is 4.06. The van der Waals surface area contributed by atoms with Gasteiger partial charge in [-0.05, 0) is 43.9 Å².